The third-order valence-electron chi connectivity index (χ3n) is 5.21. The third kappa shape index (κ3) is 3.64. The smallest absolute Gasteiger partial charge is 0.282 e. The van der Waals surface area contributed by atoms with Crippen LogP contribution in [-0.4, -0.2) is 11.8 Å². The molecule has 0 aliphatic carbocycles. The van der Waals surface area contributed by atoms with Crippen molar-refractivity contribution in [2.45, 2.75) is 27.7 Å². The van der Waals surface area contributed by atoms with Crippen molar-refractivity contribution < 1.29 is 9.59 Å². The van der Waals surface area contributed by atoms with Crippen LogP contribution in [0, 0.1) is 27.7 Å². The quantitative estimate of drug-likeness (QED) is 0.608. The fourth-order valence-electron chi connectivity index (χ4n) is 3.73. The Morgan fingerprint density at radius 2 is 1.17 bits per heavy atom. The molecule has 30 heavy (non-hydrogen) atoms. The topological polar surface area (TPSA) is 49.4 Å². The molecule has 4 rings (SSSR count). The highest BCUT2D eigenvalue weighted by molar-refractivity contribution is 6.46. The number of anilines is 2. The van der Waals surface area contributed by atoms with Crippen LogP contribution in [0.5, 0.6) is 0 Å². The molecule has 0 unspecified atom stereocenters. The molecular formula is C26H24N2O2. The Morgan fingerprint density at radius 3 is 1.73 bits per heavy atom. The highest BCUT2D eigenvalue weighted by Crippen LogP contribution is 2.34. The van der Waals surface area contributed by atoms with Crippen LogP contribution in [0.3, 0.4) is 0 Å². The maximum Gasteiger partial charge on any atom is 0.282 e. The summed E-state index contributed by atoms with van der Waals surface area (Å²) < 4.78 is 0. The Morgan fingerprint density at radius 1 is 0.633 bits per heavy atom. The summed E-state index contributed by atoms with van der Waals surface area (Å²) in [5.74, 6) is -0.662. The van der Waals surface area contributed by atoms with Gasteiger partial charge in [0.1, 0.15) is 5.70 Å². The molecule has 1 heterocycles. The highest BCUT2D eigenvalue weighted by atomic mass is 16.2. The molecule has 1 aliphatic heterocycles. The minimum Gasteiger partial charge on any atom is -0.350 e. The number of hydrogen-bond donors (Lipinski definition) is 1. The van der Waals surface area contributed by atoms with Crippen LogP contribution in [0.15, 0.2) is 72.4 Å². The number of rotatable bonds is 4. The molecule has 0 fully saturated rings. The number of amides is 2. The van der Waals surface area contributed by atoms with Gasteiger partial charge >= 0.3 is 0 Å². The average Bonchev–Trinajstić information content (AvgIpc) is 2.93. The summed E-state index contributed by atoms with van der Waals surface area (Å²) in [5.41, 5.74) is 6.99. The first-order chi connectivity index (χ1) is 14.3. The zero-order chi connectivity index (χ0) is 21.4. The van der Waals surface area contributed by atoms with Gasteiger partial charge in [-0.05, 0) is 68.7 Å². The first-order valence-electron chi connectivity index (χ1n) is 9.95. The first kappa shape index (κ1) is 19.6. The normalized spacial score (nSPS) is 13.9. The summed E-state index contributed by atoms with van der Waals surface area (Å²) >= 11 is 0. The Balaban J connectivity index is 1.83. The lowest BCUT2D eigenvalue weighted by molar-refractivity contribution is -0.120. The van der Waals surface area contributed by atoms with Gasteiger partial charge < -0.3 is 5.32 Å². The SMILES string of the molecule is Cc1ccc(NC2=C(c3ccc(C)cc3)C(=O)N(c3cc(C)cc(C)c3)C2=O)cc1. The molecule has 0 radical (unpaired) electrons. The predicted octanol–water partition coefficient (Wildman–Crippen LogP) is 5.32. The van der Waals surface area contributed by atoms with Gasteiger partial charge in [-0.1, -0.05) is 53.6 Å². The van der Waals surface area contributed by atoms with Gasteiger partial charge in [-0.25, -0.2) is 4.90 Å². The highest BCUT2D eigenvalue weighted by Gasteiger charge is 2.40. The lowest BCUT2D eigenvalue weighted by Gasteiger charge is -2.17. The van der Waals surface area contributed by atoms with Crippen molar-refractivity contribution in [3.63, 3.8) is 0 Å². The van der Waals surface area contributed by atoms with E-state index in [9.17, 15) is 9.59 Å². The Kier molecular flexibility index (Phi) is 5.00. The van der Waals surface area contributed by atoms with Crippen LogP contribution >= 0.6 is 0 Å². The largest absolute Gasteiger partial charge is 0.350 e. The van der Waals surface area contributed by atoms with E-state index in [1.807, 2.05) is 94.4 Å². The van der Waals surface area contributed by atoms with Crippen LogP contribution < -0.4 is 10.2 Å². The van der Waals surface area contributed by atoms with Crippen LogP contribution in [0.4, 0.5) is 11.4 Å². The second kappa shape index (κ2) is 7.64. The van der Waals surface area contributed by atoms with Gasteiger partial charge in [0.05, 0.1) is 11.3 Å². The van der Waals surface area contributed by atoms with E-state index in [1.165, 1.54) is 4.90 Å². The number of nitrogens with one attached hydrogen (secondary N) is 1. The van der Waals surface area contributed by atoms with Crippen LogP contribution in [-0.2, 0) is 9.59 Å². The first-order valence-corrected chi connectivity index (χ1v) is 9.95. The summed E-state index contributed by atoms with van der Waals surface area (Å²) in [5, 5.41) is 3.21. The van der Waals surface area contributed by atoms with Crippen LogP contribution in [0.1, 0.15) is 27.8 Å². The molecule has 0 saturated carbocycles. The molecular weight excluding hydrogens is 372 g/mol. The number of imide groups is 1. The van der Waals surface area contributed by atoms with Crippen molar-refractivity contribution >= 4 is 28.8 Å². The lowest BCUT2D eigenvalue weighted by Crippen LogP contribution is -2.32. The van der Waals surface area contributed by atoms with Gasteiger partial charge in [0, 0.05) is 5.69 Å². The Hall–Kier alpha value is -3.66. The molecule has 4 nitrogen and oxygen atoms in total. The zero-order valence-corrected chi connectivity index (χ0v) is 17.6. The molecule has 0 bridgehead atoms. The van der Waals surface area contributed by atoms with Crippen LogP contribution in [0.25, 0.3) is 5.57 Å². The van der Waals surface area contributed by atoms with E-state index in [0.717, 1.165) is 33.5 Å². The Bertz CT molecular complexity index is 1150. The lowest BCUT2D eigenvalue weighted by atomic mass is 10.0. The summed E-state index contributed by atoms with van der Waals surface area (Å²) in [4.78, 5) is 28.2. The summed E-state index contributed by atoms with van der Waals surface area (Å²) in [6.07, 6.45) is 0. The van der Waals surface area contributed by atoms with Gasteiger partial charge in [-0.15, -0.1) is 0 Å². The number of benzene rings is 3. The van der Waals surface area contributed by atoms with Crippen molar-refractivity contribution in [3.05, 3.63) is 100 Å². The van der Waals surface area contributed by atoms with E-state index in [0.29, 0.717) is 17.0 Å². The Labute approximate surface area is 176 Å². The van der Waals surface area contributed by atoms with E-state index in [1.54, 1.807) is 0 Å². The van der Waals surface area contributed by atoms with Gasteiger partial charge in [0.25, 0.3) is 11.8 Å². The average molecular weight is 396 g/mol. The third-order valence-corrected chi connectivity index (χ3v) is 5.21. The van der Waals surface area contributed by atoms with E-state index in [4.69, 9.17) is 0 Å². The van der Waals surface area contributed by atoms with Gasteiger partial charge in [0.2, 0.25) is 0 Å². The van der Waals surface area contributed by atoms with Gasteiger partial charge in [0.15, 0.2) is 0 Å². The minimum atomic E-state index is -0.346. The van der Waals surface area contributed by atoms with Crippen molar-refractivity contribution in [1.82, 2.24) is 0 Å². The van der Waals surface area contributed by atoms with E-state index < -0.39 is 0 Å². The number of hydrogen-bond acceptors (Lipinski definition) is 3. The van der Waals surface area contributed by atoms with E-state index in [2.05, 4.69) is 5.32 Å². The zero-order valence-electron chi connectivity index (χ0n) is 17.6. The molecule has 1 aliphatic rings. The molecule has 0 aromatic heterocycles. The minimum absolute atomic E-state index is 0.298. The fourth-order valence-corrected chi connectivity index (χ4v) is 3.73. The van der Waals surface area contributed by atoms with E-state index in [-0.39, 0.29) is 11.8 Å². The van der Waals surface area contributed by atoms with Crippen LogP contribution in [0.2, 0.25) is 0 Å². The van der Waals surface area contributed by atoms with Gasteiger partial charge in [-0.3, -0.25) is 9.59 Å². The molecule has 4 heteroatoms. The van der Waals surface area contributed by atoms with Crippen molar-refractivity contribution in [1.29, 1.82) is 0 Å². The summed E-state index contributed by atoms with van der Waals surface area (Å²) in [6, 6.07) is 21.2. The molecule has 150 valence electrons. The second-order valence-electron chi connectivity index (χ2n) is 7.90. The molecule has 3 aromatic carbocycles. The monoisotopic (exact) mass is 396 g/mol. The summed E-state index contributed by atoms with van der Waals surface area (Å²) in [7, 11) is 0. The number of carbonyl (C=O) groups is 2. The summed E-state index contributed by atoms with van der Waals surface area (Å²) in [6.45, 7) is 7.92. The molecule has 2 amide bonds. The molecule has 0 spiro atoms. The van der Waals surface area contributed by atoms with Crippen molar-refractivity contribution in [2.75, 3.05) is 10.2 Å². The predicted molar refractivity (Wildman–Crippen MR) is 121 cm³/mol. The van der Waals surface area contributed by atoms with Gasteiger partial charge in [-0.2, -0.15) is 0 Å². The number of aryl methyl sites for hydroxylation is 4. The number of carbonyl (C=O) groups excluding carboxylic acids is 2. The number of nitrogens with zero attached hydrogens (tertiary/aromatic N) is 1. The second-order valence-corrected chi connectivity index (χ2v) is 7.90. The molecule has 0 atom stereocenters. The fraction of sp³-hybridized carbons (Fsp3) is 0.154. The van der Waals surface area contributed by atoms with Crippen molar-refractivity contribution in [2.24, 2.45) is 0 Å². The molecule has 1 N–H and O–H groups in total. The van der Waals surface area contributed by atoms with Crippen molar-refractivity contribution in [3.8, 4) is 0 Å². The van der Waals surface area contributed by atoms with E-state index >= 15 is 0 Å². The molecule has 3 aromatic rings. The maximum absolute atomic E-state index is 13.5. The maximum atomic E-state index is 13.5. The standard InChI is InChI=1S/C26H24N2O2/c1-16-5-9-20(10-6-16)23-24(27-21-11-7-17(2)8-12-21)26(30)28(25(23)29)22-14-18(3)13-19(4)15-22/h5-15,27H,1-4H3. The molecule has 0 saturated heterocycles.